The molecule has 0 N–H and O–H groups in total. The molecule has 1 atom stereocenters. The molecule has 29 heavy (non-hydrogen) atoms. The summed E-state index contributed by atoms with van der Waals surface area (Å²) in [5.74, 6) is -0.201. The monoisotopic (exact) mass is 391 g/mol. The molecule has 2 aromatic carbocycles. The largest absolute Gasteiger partial charge is 0.369 e. The number of hydrogen-bond acceptors (Lipinski definition) is 5. The molecule has 6 heteroatoms. The van der Waals surface area contributed by atoms with Gasteiger partial charge in [0, 0.05) is 37.4 Å². The summed E-state index contributed by atoms with van der Waals surface area (Å²) in [6.45, 7) is 6.55. The van der Waals surface area contributed by atoms with E-state index in [0.29, 0.717) is 11.3 Å². The van der Waals surface area contributed by atoms with Crippen LogP contribution in [0, 0.1) is 6.92 Å². The number of benzene rings is 2. The molecule has 6 nitrogen and oxygen atoms in total. The van der Waals surface area contributed by atoms with Crippen LogP contribution < -0.4 is 9.80 Å². The quantitative estimate of drug-likeness (QED) is 0.592. The third kappa shape index (κ3) is 3.80. The molecule has 2 heterocycles. The van der Waals surface area contributed by atoms with E-state index in [4.69, 9.17) is 0 Å². The van der Waals surface area contributed by atoms with Gasteiger partial charge in [0.15, 0.2) is 5.78 Å². The van der Waals surface area contributed by atoms with Crippen molar-refractivity contribution in [3.63, 3.8) is 0 Å². The molecule has 0 saturated carbocycles. The molecule has 0 aromatic heterocycles. The van der Waals surface area contributed by atoms with Gasteiger partial charge in [-0.15, -0.1) is 0 Å². The molecule has 2 fully saturated rings. The van der Waals surface area contributed by atoms with Gasteiger partial charge in [0.05, 0.1) is 18.2 Å². The van der Waals surface area contributed by atoms with Gasteiger partial charge in [-0.3, -0.25) is 19.3 Å². The maximum absolute atomic E-state index is 13.0. The van der Waals surface area contributed by atoms with Crippen molar-refractivity contribution >= 4 is 29.0 Å². The molecule has 2 aliphatic rings. The number of piperazine rings is 1. The van der Waals surface area contributed by atoms with E-state index < -0.39 is 0 Å². The van der Waals surface area contributed by atoms with Crippen LogP contribution in [0.1, 0.15) is 29.3 Å². The summed E-state index contributed by atoms with van der Waals surface area (Å²) in [6.07, 6.45) is 0.236. The topological polar surface area (TPSA) is 60.9 Å². The number of amides is 2. The lowest BCUT2D eigenvalue weighted by Gasteiger charge is -2.38. The minimum atomic E-state index is -0.383. The van der Waals surface area contributed by atoms with Crippen molar-refractivity contribution in [2.24, 2.45) is 0 Å². The van der Waals surface area contributed by atoms with E-state index in [0.717, 1.165) is 37.4 Å². The Bertz CT molecular complexity index is 929. The van der Waals surface area contributed by atoms with Crippen LogP contribution in [0.3, 0.4) is 0 Å². The van der Waals surface area contributed by atoms with Crippen molar-refractivity contribution < 1.29 is 14.4 Å². The Morgan fingerprint density at radius 1 is 0.862 bits per heavy atom. The summed E-state index contributed by atoms with van der Waals surface area (Å²) >= 11 is 0. The first-order valence-electron chi connectivity index (χ1n) is 9.97. The SMILES string of the molecule is CC(=O)c1ccc(N2CCN(C3CC(=O)N(c4ccc(C)cc4)C3=O)CC2)cc1. The Labute approximate surface area is 170 Å². The van der Waals surface area contributed by atoms with Gasteiger partial charge in [-0.2, -0.15) is 0 Å². The molecule has 0 aliphatic carbocycles. The molecule has 4 rings (SSSR count). The Kier molecular flexibility index (Phi) is 5.20. The summed E-state index contributed by atoms with van der Waals surface area (Å²) < 4.78 is 0. The van der Waals surface area contributed by atoms with Gasteiger partial charge in [-0.1, -0.05) is 17.7 Å². The standard InChI is InChI=1S/C23H25N3O3/c1-16-3-7-20(8-4-16)26-22(28)15-21(23(26)29)25-13-11-24(12-14-25)19-9-5-18(6-10-19)17(2)27/h3-10,21H,11-15H2,1-2H3. The van der Waals surface area contributed by atoms with Crippen molar-refractivity contribution in [2.75, 3.05) is 36.0 Å². The van der Waals surface area contributed by atoms with Crippen molar-refractivity contribution in [3.05, 3.63) is 59.7 Å². The van der Waals surface area contributed by atoms with Gasteiger partial charge in [0.25, 0.3) is 5.91 Å². The number of anilines is 2. The van der Waals surface area contributed by atoms with Crippen LogP contribution >= 0.6 is 0 Å². The van der Waals surface area contributed by atoms with Crippen LogP contribution in [0.4, 0.5) is 11.4 Å². The van der Waals surface area contributed by atoms with Gasteiger partial charge < -0.3 is 4.90 Å². The summed E-state index contributed by atoms with van der Waals surface area (Å²) in [5.41, 5.74) is 3.53. The Morgan fingerprint density at radius 2 is 1.45 bits per heavy atom. The minimum absolute atomic E-state index is 0.0592. The fourth-order valence-corrected chi connectivity index (χ4v) is 4.07. The fraction of sp³-hybridized carbons (Fsp3) is 0.348. The number of rotatable bonds is 4. The molecule has 2 amide bonds. The molecule has 0 radical (unpaired) electrons. The number of ketones is 1. The number of hydrogen-bond donors (Lipinski definition) is 0. The van der Waals surface area contributed by atoms with Crippen LogP contribution in [0.2, 0.25) is 0 Å². The van der Waals surface area contributed by atoms with E-state index in [1.807, 2.05) is 55.5 Å². The van der Waals surface area contributed by atoms with Crippen molar-refractivity contribution in [3.8, 4) is 0 Å². The number of imide groups is 1. The Morgan fingerprint density at radius 3 is 2.03 bits per heavy atom. The Balaban J connectivity index is 1.41. The second kappa shape index (κ2) is 7.79. The van der Waals surface area contributed by atoms with E-state index in [2.05, 4.69) is 9.80 Å². The zero-order valence-electron chi connectivity index (χ0n) is 16.8. The zero-order valence-corrected chi connectivity index (χ0v) is 16.8. The molecule has 0 spiro atoms. The summed E-state index contributed by atoms with van der Waals surface area (Å²) in [7, 11) is 0. The predicted molar refractivity (Wildman–Crippen MR) is 112 cm³/mol. The number of carbonyl (C=O) groups is 3. The Hall–Kier alpha value is -2.99. The van der Waals surface area contributed by atoms with Crippen LogP contribution in [-0.4, -0.2) is 54.7 Å². The van der Waals surface area contributed by atoms with Gasteiger partial charge in [0.2, 0.25) is 5.91 Å². The second-order valence-electron chi connectivity index (χ2n) is 7.75. The highest BCUT2D eigenvalue weighted by Gasteiger charge is 2.43. The lowest BCUT2D eigenvalue weighted by Crippen LogP contribution is -2.52. The lowest BCUT2D eigenvalue weighted by atomic mass is 10.1. The van der Waals surface area contributed by atoms with Gasteiger partial charge in [-0.05, 0) is 50.2 Å². The van der Waals surface area contributed by atoms with Gasteiger partial charge in [0.1, 0.15) is 0 Å². The summed E-state index contributed by atoms with van der Waals surface area (Å²) in [6, 6.07) is 14.7. The first kappa shape index (κ1) is 19.3. The second-order valence-corrected chi connectivity index (χ2v) is 7.75. The number of aryl methyl sites for hydroxylation is 1. The van der Waals surface area contributed by atoms with Crippen molar-refractivity contribution in [2.45, 2.75) is 26.3 Å². The number of nitrogens with zero attached hydrogens (tertiary/aromatic N) is 3. The average molecular weight is 391 g/mol. The van der Waals surface area contributed by atoms with Gasteiger partial charge >= 0.3 is 0 Å². The number of carbonyl (C=O) groups excluding carboxylic acids is 3. The molecule has 2 saturated heterocycles. The molecular formula is C23H25N3O3. The van der Waals surface area contributed by atoms with Crippen LogP contribution in [0.5, 0.6) is 0 Å². The van der Waals surface area contributed by atoms with Crippen molar-refractivity contribution in [1.82, 2.24) is 4.90 Å². The van der Waals surface area contributed by atoms with Crippen LogP contribution in [0.15, 0.2) is 48.5 Å². The van der Waals surface area contributed by atoms with Crippen LogP contribution in [-0.2, 0) is 9.59 Å². The van der Waals surface area contributed by atoms with Gasteiger partial charge in [-0.25, -0.2) is 4.90 Å². The first-order valence-corrected chi connectivity index (χ1v) is 9.97. The number of Topliss-reactive ketones (excluding diaryl/α,β-unsaturated/α-hetero) is 1. The zero-order chi connectivity index (χ0) is 20.5. The maximum atomic E-state index is 13.0. The predicted octanol–water partition coefficient (Wildman–Crippen LogP) is 2.65. The first-order chi connectivity index (χ1) is 13.9. The maximum Gasteiger partial charge on any atom is 0.251 e. The summed E-state index contributed by atoms with van der Waals surface area (Å²) in [5, 5.41) is 0. The normalized spacial score (nSPS) is 20.4. The third-order valence-corrected chi connectivity index (χ3v) is 5.81. The van der Waals surface area contributed by atoms with Crippen molar-refractivity contribution in [1.29, 1.82) is 0 Å². The van der Waals surface area contributed by atoms with E-state index in [1.54, 1.807) is 6.92 Å². The van der Waals surface area contributed by atoms with E-state index in [9.17, 15) is 14.4 Å². The summed E-state index contributed by atoms with van der Waals surface area (Å²) in [4.78, 5) is 42.6. The molecule has 2 aliphatic heterocycles. The lowest BCUT2D eigenvalue weighted by molar-refractivity contribution is -0.123. The van der Waals surface area contributed by atoms with E-state index >= 15 is 0 Å². The highest BCUT2D eigenvalue weighted by atomic mass is 16.2. The smallest absolute Gasteiger partial charge is 0.251 e. The molecule has 1 unspecified atom stereocenters. The average Bonchev–Trinajstić information content (AvgIpc) is 3.03. The fourth-order valence-electron chi connectivity index (χ4n) is 4.07. The highest BCUT2D eigenvalue weighted by molar-refractivity contribution is 6.22. The molecule has 0 bridgehead atoms. The van der Waals surface area contributed by atoms with E-state index in [1.165, 1.54) is 4.90 Å². The molecule has 150 valence electrons. The van der Waals surface area contributed by atoms with E-state index in [-0.39, 0.29) is 30.1 Å². The highest BCUT2D eigenvalue weighted by Crippen LogP contribution is 2.27. The van der Waals surface area contributed by atoms with Crippen LogP contribution in [0.25, 0.3) is 0 Å². The minimum Gasteiger partial charge on any atom is -0.369 e. The third-order valence-electron chi connectivity index (χ3n) is 5.81. The molecule has 2 aromatic rings. The molecular weight excluding hydrogens is 366 g/mol.